The van der Waals surface area contributed by atoms with Crippen LogP contribution in [-0.2, 0) is 11.8 Å². The molecule has 0 fully saturated rings. The van der Waals surface area contributed by atoms with Crippen LogP contribution in [0.3, 0.4) is 0 Å². The number of aliphatic hydroxyl groups excluding tert-OH is 2. The molecule has 0 saturated heterocycles. The molecular weight excluding hydrogens is 279 g/mol. The first-order valence-electron chi connectivity index (χ1n) is 6.32. The molecule has 20 heavy (non-hydrogen) atoms. The summed E-state index contributed by atoms with van der Waals surface area (Å²) < 4.78 is 13.4. The number of hydrogen-bond donors (Lipinski definition) is 2. The van der Waals surface area contributed by atoms with Gasteiger partial charge in [0.05, 0.1) is 13.2 Å². The van der Waals surface area contributed by atoms with Gasteiger partial charge in [-0.2, -0.15) is 0 Å². The van der Waals surface area contributed by atoms with Crippen LogP contribution in [0.2, 0.25) is 5.02 Å². The van der Waals surface area contributed by atoms with Crippen LogP contribution in [0.1, 0.15) is 11.1 Å². The van der Waals surface area contributed by atoms with Crippen LogP contribution in [0, 0.1) is 5.82 Å². The second-order valence-corrected chi connectivity index (χ2v) is 5.35. The Hall–Kier alpha value is -1.42. The summed E-state index contributed by atoms with van der Waals surface area (Å²) in [5.74, 6) is -0.389. The van der Waals surface area contributed by atoms with Gasteiger partial charge in [0.15, 0.2) is 0 Å². The van der Waals surface area contributed by atoms with Gasteiger partial charge in [-0.3, -0.25) is 0 Å². The number of rotatable bonds is 5. The highest BCUT2D eigenvalue weighted by molar-refractivity contribution is 6.30. The second-order valence-electron chi connectivity index (χ2n) is 4.91. The van der Waals surface area contributed by atoms with Crippen molar-refractivity contribution in [2.75, 3.05) is 13.2 Å². The van der Waals surface area contributed by atoms with E-state index in [4.69, 9.17) is 11.6 Å². The summed E-state index contributed by atoms with van der Waals surface area (Å²) >= 11 is 5.95. The number of hydrogen-bond acceptors (Lipinski definition) is 2. The van der Waals surface area contributed by atoms with Gasteiger partial charge >= 0.3 is 0 Å². The predicted octanol–water partition coefficient (Wildman–Crippen LogP) is 2.94. The Balaban J connectivity index is 2.39. The summed E-state index contributed by atoms with van der Waals surface area (Å²) in [7, 11) is 0. The van der Waals surface area contributed by atoms with Crippen molar-refractivity contribution in [1.82, 2.24) is 0 Å². The Labute approximate surface area is 122 Å². The van der Waals surface area contributed by atoms with Crippen molar-refractivity contribution < 1.29 is 14.6 Å². The molecule has 0 saturated carbocycles. The number of aliphatic hydroxyl groups is 2. The predicted molar refractivity (Wildman–Crippen MR) is 77.4 cm³/mol. The Morgan fingerprint density at radius 2 is 1.70 bits per heavy atom. The first-order chi connectivity index (χ1) is 9.59. The van der Waals surface area contributed by atoms with Crippen molar-refractivity contribution in [3.8, 4) is 0 Å². The van der Waals surface area contributed by atoms with E-state index >= 15 is 0 Å². The average Bonchev–Trinajstić information content (AvgIpc) is 2.45. The van der Waals surface area contributed by atoms with Crippen LogP contribution >= 0.6 is 11.6 Å². The van der Waals surface area contributed by atoms with Crippen molar-refractivity contribution in [2.24, 2.45) is 0 Å². The SMILES string of the molecule is OCC(CO)(Cc1cccc(Cl)c1)c1cccc(F)c1. The first-order valence-corrected chi connectivity index (χ1v) is 6.70. The van der Waals surface area contributed by atoms with Crippen molar-refractivity contribution in [3.05, 3.63) is 70.5 Å². The Kier molecular flexibility index (Phi) is 4.76. The maximum absolute atomic E-state index is 13.4. The lowest BCUT2D eigenvalue weighted by Gasteiger charge is -2.30. The van der Waals surface area contributed by atoms with E-state index in [1.54, 1.807) is 24.3 Å². The first kappa shape index (κ1) is 15.0. The van der Waals surface area contributed by atoms with Gasteiger partial charge in [-0.25, -0.2) is 4.39 Å². The van der Waals surface area contributed by atoms with Gasteiger partial charge in [0.2, 0.25) is 0 Å². The molecule has 106 valence electrons. The summed E-state index contributed by atoms with van der Waals surface area (Å²) in [5.41, 5.74) is 0.527. The van der Waals surface area contributed by atoms with Gasteiger partial charge in [0, 0.05) is 10.4 Å². The molecule has 0 aliphatic rings. The van der Waals surface area contributed by atoms with Crippen LogP contribution in [0.25, 0.3) is 0 Å². The minimum Gasteiger partial charge on any atom is -0.395 e. The van der Waals surface area contributed by atoms with Gasteiger partial charge < -0.3 is 10.2 Å². The quantitative estimate of drug-likeness (QED) is 0.890. The van der Waals surface area contributed by atoms with Crippen LogP contribution in [-0.4, -0.2) is 23.4 Å². The zero-order valence-electron chi connectivity index (χ0n) is 10.9. The van der Waals surface area contributed by atoms with Crippen LogP contribution < -0.4 is 0 Å². The summed E-state index contributed by atoms with van der Waals surface area (Å²) in [5, 5.41) is 20.1. The number of halogens is 2. The Morgan fingerprint density at radius 3 is 2.30 bits per heavy atom. The molecule has 2 aromatic rings. The van der Waals surface area contributed by atoms with E-state index in [-0.39, 0.29) is 19.0 Å². The highest BCUT2D eigenvalue weighted by atomic mass is 35.5. The summed E-state index contributed by atoms with van der Waals surface area (Å²) in [6.07, 6.45) is 0.379. The third kappa shape index (κ3) is 3.18. The van der Waals surface area contributed by atoms with E-state index in [2.05, 4.69) is 0 Å². The summed E-state index contributed by atoms with van der Waals surface area (Å²) in [4.78, 5) is 0. The standard InChI is InChI=1S/C16H16ClFO2/c17-14-5-1-3-12(7-14)9-16(10-19,11-20)13-4-2-6-15(18)8-13/h1-8,19-20H,9-11H2. The lowest BCUT2D eigenvalue weighted by Crippen LogP contribution is -2.37. The molecule has 0 aromatic heterocycles. The molecule has 2 N–H and O–H groups in total. The lowest BCUT2D eigenvalue weighted by atomic mass is 9.77. The monoisotopic (exact) mass is 294 g/mol. The Bertz CT molecular complexity index is 582. The fraction of sp³-hybridized carbons (Fsp3) is 0.250. The number of benzene rings is 2. The topological polar surface area (TPSA) is 40.5 Å². The van der Waals surface area contributed by atoms with Crippen molar-refractivity contribution in [1.29, 1.82) is 0 Å². The van der Waals surface area contributed by atoms with E-state index < -0.39 is 5.41 Å². The maximum atomic E-state index is 13.4. The molecular formula is C16H16ClFO2. The van der Waals surface area contributed by atoms with Gasteiger partial charge in [-0.1, -0.05) is 35.9 Å². The fourth-order valence-electron chi connectivity index (χ4n) is 2.30. The minimum atomic E-state index is -0.924. The molecule has 4 heteroatoms. The summed E-state index contributed by atoms with van der Waals surface area (Å²) in [6, 6.07) is 13.2. The molecule has 0 radical (unpaired) electrons. The third-order valence-electron chi connectivity index (χ3n) is 3.47. The van der Waals surface area contributed by atoms with Crippen molar-refractivity contribution in [2.45, 2.75) is 11.8 Å². The minimum absolute atomic E-state index is 0.278. The third-order valence-corrected chi connectivity index (χ3v) is 3.71. The van der Waals surface area contributed by atoms with Crippen LogP contribution in [0.5, 0.6) is 0 Å². The Morgan fingerprint density at radius 1 is 1.00 bits per heavy atom. The molecule has 2 rings (SSSR count). The van der Waals surface area contributed by atoms with E-state index in [0.717, 1.165) is 5.56 Å². The van der Waals surface area contributed by atoms with E-state index in [1.807, 2.05) is 12.1 Å². The van der Waals surface area contributed by atoms with Gasteiger partial charge in [0.25, 0.3) is 0 Å². The second kappa shape index (κ2) is 6.35. The summed E-state index contributed by atoms with van der Waals surface area (Å²) in [6.45, 7) is -0.557. The van der Waals surface area contributed by atoms with E-state index in [0.29, 0.717) is 17.0 Å². The van der Waals surface area contributed by atoms with Crippen molar-refractivity contribution in [3.63, 3.8) is 0 Å². The van der Waals surface area contributed by atoms with Crippen molar-refractivity contribution >= 4 is 11.6 Å². The van der Waals surface area contributed by atoms with Crippen LogP contribution in [0.15, 0.2) is 48.5 Å². The van der Waals surface area contributed by atoms with Crippen LogP contribution in [0.4, 0.5) is 4.39 Å². The molecule has 2 aromatic carbocycles. The van der Waals surface area contributed by atoms with E-state index in [1.165, 1.54) is 12.1 Å². The normalized spacial score (nSPS) is 11.6. The maximum Gasteiger partial charge on any atom is 0.123 e. The molecule has 0 unspecified atom stereocenters. The van der Waals surface area contributed by atoms with Gasteiger partial charge in [-0.05, 0) is 41.8 Å². The fourth-order valence-corrected chi connectivity index (χ4v) is 2.52. The van der Waals surface area contributed by atoms with Gasteiger partial charge in [0.1, 0.15) is 5.82 Å². The molecule has 2 nitrogen and oxygen atoms in total. The molecule has 0 heterocycles. The van der Waals surface area contributed by atoms with E-state index in [9.17, 15) is 14.6 Å². The molecule has 0 aliphatic carbocycles. The molecule has 0 bridgehead atoms. The molecule has 0 spiro atoms. The molecule has 0 atom stereocenters. The molecule has 0 amide bonds. The highest BCUT2D eigenvalue weighted by Crippen LogP contribution is 2.29. The average molecular weight is 295 g/mol. The zero-order chi connectivity index (χ0) is 14.6. The zero-order valence-corrected chi connectivity index (χ0v) is 11.6. The largest absolute Gasteiger partial charge is 0.395 e. The van der Waals surface area contributed by atoms with Gasteiger partial charge in [-0.15, -0.1) is 0 Å². The molecule has 0 aliphatic heterocycles. The highest BCUT2D eigenvalue weighted by Gasteiger charge is 2.31. The smallest absolute Gasteiger partial charge is 0.123 e. The lowest BCUT2D eigenvalue weighted by molar-refractivity contribution is 0.116.